The number of hydrogen-bond acceptors (Lipinski definition) is 5. The number of fused-ring (bicyclic) bond motifs is 1. The van der Waals surface area contributed by atoms with E-state index in [2.05, 4.69) is 15.5 Å². The molecule has 1 N–H and O–H groups in total. The van der Waals surface area contributed by atoms with Crippen molar-refractivity contribution in [2.75, 3.05) is 7.11 Å². The summed E-state index contributed by atoms with van der Waals surface area (Å²) in [7, 11) is 1.54. The average Bonchev–Trinajstić information content (AvgIpc) is 2.98. The van der Waals surface area contributed by atoms with E-state index in [1.807, 2.05) is 49.6 Å². The largest absolute Gasteiger partial charge is 0.493 e. The number of amides is 1. The first-order valence-corrected chi connectivity index (χ1v) is 9.54. The fourth-order valence-electron chi connectivity index (χ4n) is 2.92. The van der Waals surface area contributed by atoms with E-state index in [1.165, 1.54) is 6.21 Å². The van der Waals surface area contributed by atoms with Crippen LogP contribution in [0.3, 0.4) is 0 Å². The van der Waals surface area contributed by atoms with Gasteiger partial charge in [-0.15, -0.1) is 0 Å². The van der Waals surface area contributed by atoms with Crippen LogP contribution in [0.5, 0.6) is 11.5 Å². The highest BCUT2D eigenvalue weighted by atomic mass is 35.5. The molecule has 152 valence electrons. The predicted molar refractivity (Wildman–Crippen MR) is 114 cm³/mol. The molecule has 0 atom stereocenters. The number of nitrogens with zero attached hydrogens (tertiary/aromatic N) is 3. The highest BCUT2D eigenvalue weighted by molar-refractivity contribution is 6.32. The van der Waals surface area contributed by atoms with Crippen LogP contribution in [0.1, 0.15) is 25.2 Å². The molecule has 8 heteroatoms. The number of hydrazone groups is 1. The molecule has 0 aliphatic carbocycles. The lowest BCUT2D eigenvalue weighted by Gasteiger charge is -2.15. The Kier molecular flexibility index (Phi) is 6.39. The zero-order valence-corrected chi connectivity index (χ0v) is 17.5. The van der Waals surface area contributed by atoms with Gasteiger partial charge in [-0.2, -0.15) is 5.10 Å². The van der Waals surface area contributed by atoms with Crippen molar-refractivity contribution in [3.63, 3.8) is 0 Å². The average molecular weight is 415 g/mol. The van der Waals surface area contributed by atoms with Gasteiger partial charge in [0, 0.05) is 0 Å². The Morgan fingerprint density at radius 1 is 1.34 bits per heavy atom. The van der Waals surface area contributed by atoms with Crippen LogP contribution in [0.2, 0.25) is 5.02 Å². The highest BCUT2D eigenvalue weighted by Crippen LogP contribution is 2.36. The molecule has 0 bridgehead atoms. The second-order valence-electron chi connectivity index (χ2n) is 6.73. The molecule has 0 spiro atoms. The van der Waals surface area contributed by atoms with E-state index in [9.17, 15) is 4.79 Å². The normalized spacial score (nSPS) is 11.4. The number of para-hydroxylation sites is 2. The lowest BCUT2D eigenvalue weighted by molar-refractivity contribution is -0.121. The summed E-state index contributed by atoms with van der Waals surface area (Å²) in [6, 6.07) is 11.1. The number of hydrogen-bond donors (Lipinski definition) is 1. The summed E-state index contributed by atoms with van der Waals surface area (Å²) in [5.41, 5.74) is 4.96. The van der Waals surface area contributed by atoms with Gasteiger partial charge in [0.05, 0.1) is 35.5 Å². The van der Waals surface area contributed by atoms with E-state index in [1.54, 1.807) is 19.2 Å². The second kappa shape index (κ2) is 8.96. The molecule has 3 aromatic rings. The number of imidazole rings is 1. The van der Waals surface area contributed by atoms with Crippen molar-refractivity contribution in [1.82, 2.24) is 15.0 Å². The summed E-state index contributed by atoms with van der Waals surface area (Å²) in [6.07, 6.45) is 1.47. The van der Waals surface area contributed by atoms with Gasteiger partial charge in [-0.3, -0.25) is 4.79 Å². The maximum absolute atomic E-state index is 12.3. The fraction of sp³-hybridized carbons (Fsp3) is 0.286. The molecule has 0 aliphatic rings. The Hall–Kier alpha value is -3.06. The maximum atomic E-state index is 12.3. The molecular weight excluding hydrogens is 392 g/mol. The molecule has 0 aliphatic heterocycles. The van der Waals surface area contributed by atoms with Gasteiger partial charge in [0.1, 0.15) is 12.4 Å². The van der Waals surface area contributed by atoms with Gasteiger partial charge >= 0.3 is 0 Å². The minimum atomic E-state index is -0.259. The lowest BCUT2D eigenvalue weighted by atomic mass is 10.2. The second-order valence-corrected chi connectivity index (χ2v) is 7.13. The predicted octanol–water partition coefficient (Wildman–Crippen LogP) is 3.94. The Bertz CT molecular complexity index is 1060. The van der Waals surface area contributed by atoms with Gasteiger partial charge in [-0.25, -0.2) is 10.4 Å². The summed E-state index contributed by atoms with van der Waals surface area (Å²) >= 11 is 6.30. The smallest absolute Gasteiger partial charge is 0.260 e. The van der Waals surface area contributed by atoms with Crippen molar-refractivity contribution in [3.05, 3.63) is 52.8 Å². The third-order valence-electron chi connectivity index (χ3n) is 4.16. The van der Waals surface area contributed by atoms with Gasteiger partial charge < -0.3 is 14.0 Å². The lowest BCUT2D eigenvalue weighted by Crippen LogP contribution is -2.23. The number of methoxy groups -OCH3 is 1. The first-order valence-electron chi connectivity index (χ1n) is 9.17. The minimum Gasteiger partial charge on any atom is -0.493 e. The molecular formula is C21H23ClN4O3. The van der Waals surface area contributed by atoms with E-state index in [0.717, 1.165) is 16.9 Å². The van der Waals surface area contributed by atoms with Crippen LogP contribution in [0.25, 0.3) is 11.0 Å². The number of aryl methyl sites for hydroxylation is 1. The van der Waals surface area contributed by atoms with Crippen molar-refractivity contribution >= 4 is 34.8 Å². The third-order valence-corrected chi connectivity index (χ3v) is 4.44. The quantitative estimate of drug-likeness (QED) is 0.469. The van der Waals surface area contributed by atoms with Crippen molar-refractivity contribution < 1.29 is 14.3 Å². The van der Waals surface area contributed by atoms with Gasteiger partial charge in [0.2, 0.25) is 0 Å². The van der Waals surface area contributed by atoms with Crippen LogP contribution in [0.15, 0.2) is 41.5 Å². The van der Waals surface area contributed by atoms with Crippen LogP contribution in [-0.2, 0) is 11.3 Å². The first kappa shape index (κ1) is 20.7. The summed E-state index contributed by atoms with van der Waals surface area (Å²) in [5, 5.41) is 4.43. The Labute approximate surface area is 174 Å². The summed E-state index contributed by atoms with van der Waals surface area (Å²) in [4.78, 5) is 16.8. The number of nitrogens with one attached hydrogen (secondary N) is 1. The number of halogens is 1. The van der Waals surface area contributed by atoms with E-state index in [4.69, 9.17) is 21.1 Å². The zero-order valence-electron chi connectivity index (χ0n) is 16.8. The maximum Gasteiger partial charge on any atom is 0.260 e. The number of carbonyl (C=O) groups is 1. The topological polar surface area (TPSA) is 77.7 Å². The highest BCUT2D eigenvalue weighted by Gasteiger charge is 2.13. The molecule has 3 rings (SSSR count). The Balaban J connectivity index is 1.70. The van der Waals surface area contributed by atoms with Crippen LogP contribution in [0, 0.1) is 6.92 Å². The Morgan fingerprint density at radius 2 is 2.10 bits per heavy atom. The monoisotopic (exact) mass is 414 g/mol. The number of ether oxygens (including phenoxy) is 2. The Morgan fingerprint density at radius 3 is 2.83 bits per heavy atom. The van der Waals surface area contributed by atoms with E-state index in [0.29, 0.717) is 22.1 Å². The van der Waals surface area contributed by atoms with E-state index < -0.39 is 0 Å². The molecule has 29 heavy (non-hydrogen) atoms. The van der Waals surface area contributed by atoms with Crippen molar-refractivity contribution in [1.29, 1.82) is 0 Å². The molecule has 1 aromatic heterocycles. The standard InChI is InChI=1S/C21H23ClN4O3/c1-13(2)29-21-16(22)9-15(10-19(21)28-4)11-23-25-20(27)12-26-14(3)24-17-7-5-6-8-18(17)26/h5-11,13H,12H2,1-4H3,(H,25,27)/b23-11-. The van der Waals surface area contributed by atoms with Gasteiger partial charge in [-0.05, 0) is 50.6 Å². The molecule has 1 amide bonds. The van der Waals surface area contributed by atoms with Crippen LogP contribution < -0.4 is 14.9 Å². The third kappa shape index (κ3) is 4.86. The molecule has 1 heterocycles. The van der Waals surface area contributed by atoms with Crippen molar-refractivity contribution in [2.24, 2.45) is 5.10 Å². The zero-order chi connectivity index (χ0) is 21.0. The molecule has 0 radical (unpaired) electrons. The summed E-state index contributed by atoms with van der Waals surface area (Å²) in [6.45, 7) is 5.80. The van der Waals surface area contributed by atoms with Crippen LogP contribution >= 0.6 is 11.6 Å². The summed E-state index contributed by atoms with van der Waals surface area (Å²) < 4.78 is 12.9. The molecule has 0 saturated heterocycles. The molecule has 0 unspecified atom stereocenters. The number of carbonyl (C=O) groups excluding carboxylic acids is 1. The number of aromatic nitrogens is 2. The fourth-order valence-corrected chi connectivity index (χ4v) is 3.18. The number of rotatable bonds is 7. The van der Waals surface area contributed by atoms with Gasteiger partial charge in [0.25, 0.3) is 5.91 Å². The number of benzene rings is 2. The van der Waals surface area contributed by atoms with Crippen LogP contribution in [-0.4, -0.2) is 34.9 Å². The van der Waals surface area contributed by atoms with E-state index >= 15 is 0 Å². The SMILES string of the molecule is COc1cc(/C=N\NC(=O)Cn2c(C)nc3ccccc32)cc(Cl)c1OC(C)C. The molecule has 0 fully saturated rings. The summed E-state index contributed by atoms with van der Waals surface area (Å²) in [5.74, 6) is 1.49. The first-order chi connectivity index (χ1) is 13.9. The van der Waals surface area contributed by atoms with Gasteiger partial charge in [0.15, 0.2) is 11.5 Å². The molecule has 2 aromatic carbocycles. The van der Waals surface area contributed by atoms with Crippen molar-refractivity contribution in [2.45, 2.75) is 33.4 Å². The van der Waals surface area contributed by atoms with Gasteiger partial charge in [-0.1, -0.05) is 23.7 Å². The van der Waals surface area contributed by atoms with Crippen LogP contribution in [0.4, 0.5) is 0 Å². The van der Waals surface area contributed by atoms with E-state index in [-0.39, 0.29) is 18.6 Å². The molecule has 0 saturated carbocycles. The molecule has 7 nitrogen and oxygen atoms in total. The van der Waals surface area contributed by atoms with Crippen molar-refractivity contribution in [3.8, 4) is 11.5 Å². The minimum absolute atomic E-state index is 0.0390.